The van der Waals surface area contributed by atoms with Crippen molar-refractivity contribution in [2.24, 2.45) is 0 Å². The minimum Gasteiger partial charge on any atom is -0.494 e. The highest BCUT2D eigenvalue weighted by Crippen LogP contribution is 2.25. The second kappa shape index (κ2) is 8.99. The van der Waals surface area contributed by atoms with Gasteiger partial charge in [-0.2, -0.15) is 0 Å². The molecule has 0 saturated heterocycles. The molecule has 1 aromatic heterocycles. The Hall–Kier alpha value is -2.45. The van der Waals surface area contributed by atoms with Crippen molar-refractivity contribution in [3.05, 3.63) is 35.3 Å². The van der Waals surface area contributed by atoms with Crippen LogP contribution in [-0.4, -0.2) is 48.3 Å². The first-order valence-electron chi connectivity index (χ1n) is 7.36. The zero-order valence-corrected chi connectivity index (χ0v) is 14.0. The maximum absolute atomic E-state index is 12.0. The van der Waals surface area contributed by atoms with Gasteiger partial charge >= 0.3 is 5.97 Å². The molecule has 0 aliphatic rings. The van der Waals surface area contributed by atoms with Gasteiger partial charge in [0.15, 0.2) is 0 Å². The fraction of sp³-hybridized carbons (Fsp3) is 0.312. The Labute approximate surface area is 143 Å². The summed E-state index contributed by atoms with van der Waals surface area (Å²) in [5.74, 6) is -0.569. The van der Waals surface area contributed by atoms with E-state index in [1.807, 2.05) is 31.2 Å². The highest BCUT2D eigenvalue weighted by atomic mass is 32.1. The Morgan fingerprint density at radius 3 is 2.71 bits per heavy atom. The number of nitrogens with zero attached hydrogens (tertiary/aromatic N) is 1. The lowest BCUT2D eigenvalue weighted by molar-refractivity contribution is -0.142. The first-order chi connectivity index (χ1) is 11.6. The van der Waals surface area contributed by atoms with Crippen molar-refractivity contribution < 1.29 is 24.2 Å². The molecule has 0 atom stereocenters. The Bertz CT molecular complexity index is 684. The van der Waals surface area contributed by atoms with E-state index in [0.717, 1.165) is 16.3 Å². The van der Waals surface area contributed by atoms with Gasteiger partial charge in [0.05, 0.1) is 13.2 Å². The molecule has 128 valence electrons. The lowest BCUT2D eigenvalue weighted by atomic mass is 10.2. The Morgan fingerprint density at radius 1 is 1.29 bits per heavy atom. The van der Waals surface area contributed by atoms with Gasteiger partial charge in [0.25, 0.3) is 5.91 Å². The number of carbonyl (C=O) groups is 2. The smallest absolute Gasteiger partial charge is 0.329 e. The number of amides is 1. The number of aliphatic carboxylic acids is 1. The molecule has 2 rings (SSSR count). The first kappa shape index (κ1) is 17.9. The van der Waals surface area contributed by atoms with Crippen LogP contribution in [0.4, 0.5) is 0 Å². The van der Waals surface area contributed by atoms with E-state index in [1.165, 1.54) is 11.3 Å². The lowest BCUT2D eigenvalue weighted by Gasteiger charge is -2.03. The summed E-state index contributed by atoms with van der Waals surface area (Å²) < 4.78 is 10.2. The minimum atomic E-state index is -1.04. The molecule has 0 bridgehead atoms. The first-order valence-corrected chi connectivity index (χ1v) is 8.24. The third-order valence-electron chi connectivity index (χ3n) is 2.91. The summed E-state index contributed by atoms with van der Waals surface area (Å²) in [6.45, 7) is 2.51. The van der Waals surface area contributed by atoms with Crippen molar-refractivity contribution in [3.8, 4) is 16.3 Å². The van der Waals surface area contributed by atoms with Gasteiger partial charge in [-0.05, 0) is 31.2 Å². The van der Waals surface area contributed by atoms with Crippen LogP contribution in [0.1, 0.15) is 17.4 Å². The topological polar surface area (TPSA) is 97.8 Å². The molecule has 2 N–H and O–H groups in total. The average molecular weight is 350 g/mol. The van der Waals surface area contributed by atoms with Gasteiger partial charge in [-0.15, -0.1) is 11.3 Å². The number of carboxylic acids is 1. The highest BCUT2D eigenvalue weighted by Gasteiger charge is 2.11. The van der Waals surface area contributed by atoms with E-state index in [1.54, 1.807) is 5.38 Å². The van der Waals surface area contributed by atoms with Crippen LogP contribution in [0.15, 0.2) is 29.6 Å². The predicted molar refractivity (Wildman–Crippen MR) is 89.5 cm³/mol. The van der Waals surface area contributed by atoms with E-state index < -0.39 is 5.97 Å². The van der Waals surface area contributed by atoms with Crippen LogP contribution in [0.5, 0.6) is 5.75 Å². The highest BCUT2D eigenvalue weighted by molar-refractivity contribution is 7.13. The molecular formula is C16H18N2O5S. The van der Waals surface area contributed by atoms with E-state index in [0.29, 0.717) is 12.3 Å². The maximum Gasteiger partial charge on any atom is 0.329 e. The number of carboxylic acid groups (broad SMARTS) is 1. The van der Waals surface area contributed by atoms with E-state index in [-0.39, 0.29) is 25.7 Å². The molecular weight excluding hydrogens is 332 g/mol. The van der Waals surface area contributed by atoms with Crippen molar-refractivity contribution in [2.45, 2.75) is 6.92 Å². The van der Waals surface area contributed by atoms with E-state index in [4.69, 9.17) is 14.6 Å². The van der Waals surface area contributed by atoms with E-state index in [9.17, 15) is 9.59 Å². The van der Waals surface area contributed by atoms with Gasteiger partial charge in [0.1, 0.15) is 23.1 Å². The monoisotopic (exact) mass is 350 g/mol. The molecule has 24 heavy (non-hydrogen) atoms. The molecule has 0 fully saturated rings. The Balaban J connectivity index is 1.87. The van der Waals surface area contributed by atoms with Crippen molar-refractivity contribution >= 4 is 23.2 Å². The molecule has 1 aromatic carbocycles. The molecule has 1 heterocycles. The number of thiazole rings is 1. The zero-order chi connectivity index (χ0) is 17.4. The zero-order valence-electron chi connectivity index (χ0n) is 13.2. The molecule has 0 radical (unpaired) electrons. The van der Waals surface area contributed by atoms with Crippen LogP contribution in [0, 0.1) is 0 Å². The van der Waals surface area contributed by atoms with E-state index in [2.05, 4.69) is 10.3 Å². The second-order valence-corrected chi connectivity index (χ2v) is 5.56. The third kappa shape index (κ3) is 5.32. The quantitative estimate of drug-likeness (QED) is 0.672. The number of ether oxygens (including phenoxy) is 2. The predicted octanol–water partition coefficient (Wildman–Crippen LogP) is 2.04. The molecule has 8 heteroatoms. The number of hydrogen-bond acceptors (Lipinski definition) is 6. The van der Waals surface area contributed by atoms with Gasteiger partial charge in [-0.3, -0.25) is 4.79 Å². The lowest BCUT2D eigenvalue weighted by Crippen LogP contribution is -2.28. The summed E-state index contributed by atoms with van der Waals surface area (Å²) in [7, 11) is 0. The standard InChI is InChI=1S/C16H18N2O5S/c1-2-23-12-5-3-11(4-6-12)16-18-13(10-24-16)15(21)17-7-8-22-9-14(19)20/h3-6,10H,2,7-9H2,1H3,(H,17,21)(H,19,20). The van der Waals surface area contributed by atoms with Gasteiger partial charge in [0.2, 0.25) is 0 Å². The summed E-state index contributed by atoms with van der Waals surface area (Å²) in [4.78, 5) is 26.6. The fourth-order valence-electron chi connectivity index (χ4n) is 1.86. The van der Waals surface area contributed by atoms with Gasteiger partial charge in [-0.1, -0.05) is 0 Å². The van der Waals surface area contributed by atoms with Gasteiger partial charge in [-0.25, -0.2) is 9.78 Å². The molecule has 0 aliphatic carbocycles. The number of aromatic nitrogens is 1. The third-order valence-corrected chi connectivity index (χ3v) is 3.80. The number of benzene rings is 1. The maximum atomic E-state index is 12.0. The minimum absolute atomic E-state index is 0.133. The van der Waals surface area contributed by atoms with Crippen LogP contribution in [0.3, 0.4) is 0 Å². The molecule has 0 aliphatic heterocycles. The number of hydrogen-bond donors (Lipinski definition) is 2. The van der Waals surface area contributed by atoms with Crippen LogP contribution < -0.4 is 10.1 Å². The molecule has 7 nitrogen and oxygen atoms in total. The Morgan fingerprint density at radius 2 is 2.04 bits per heavy atom. The van der Waals surface area contributed by atoms with Gasteiger partial charge < -0.3 is 19.9 Å². The summed E-state index contributed by atoms with van der Waals surface area (Å²) in [6.07, 6.45) is 0. The van der Waals surface area contributed by atoms with Crippen LogP contribution in [-0.2, 0) is 9.53 Å². The van der Waals surface area contributed by atoms with Crippen molar-refractivity contribution in [2.75, 3.05) is 26.4 Å². The van der Waals surface area contributed by atoms with Crippen LogP contribution >= 0.6 is 11.3 Å². The van der Waals surface area contributed by atoms with Crippen molar-refractivity contribution in [1.29, 1.82) is 0 Å². The van der Waals surface area contributed by atoms with Crippen LogP contribution in [0.2, 0.25) is 0 Å². The SMILES string of the molecule is CCOc1ccc(-c2nc(C(=O)NCCOCC(=O)O)cs2)cc1. The number of nitrogens with one attached hydrogen (secondary N) is 1. The molecule has 1 amide bonds. The van der Waals surface area contributed by atoms with Gasteiger partial charge in [0, 0.05) is 17.5 Å². The molecule has 0 saturated carbocycles. The van der Waals surface area contributed by atoms with Crippen molar-refractivity contribution in [3.63, 3.8) is 0 Å². The second-order valence-electron chi connectivity index (χ2n) is 4.70. The number of carbonyl (C=O) groups excluding carboxylic acids is 1. The fourth-order valence-corrected chi connectivity index (χ4v) is 2.66. The summed E-state index contributed by atoms with van der Waals surface area (Å²) in [6, 6.07) is 7.51. The van der Waals surface area contributed by atoms with E-state index >= 15 is 0 Å². The van der Waals surface area contributed by atoms with Crippen molar-refractivity contribution in [1.82, 2.24) is 10.3 Å². The summed E-state index contributed by atoms with van der Waals surface area (Å²) >= 11 is 1.38. The largest absolute Gasteiger partial charge is 0.494 e. The normalized spacial score (nSPS) is 10.4. The average Bonchev–Trinajstić information content (AvgIpc) is 3.05. The Kier molecular flexibility index (Phi) is 6.71. The van der Waals surface area contributed by atoms with Crippen LogP contribution in [0.25, 0.3) is 10.6 Å². The summed E-state index contributed by atoms with van der Waals surface area (Å²) in [5, 5.41) is 13.5. The summed E-state index contributed by atoms with van der Waals surface area (Å²) in [5.41, 5.74) is 1.23. The molecule has 0 spiro atoms. The number of rotatable bonds is 9. The molecule has 0 unspecified atom stereocenters. The molecule has 2 aromatic rings.